The standard InChI is InChI=1S/C8H14N4O2S2/c13-16(14,12-3-1-9-2-4-12)11-5-8-6-15-7-10-8/h6-7,9,11H,1-5H2. The quantitative estimate of drug-likeness (QED) is 0.758. The predicted octanol–water partition coefficient (Wildman–Crippen LogP) is -0.617. The van der Waals surface area contributed by atoms with Gasteiger partial charge in [-0.05, 0) is 0 Å². The van der Waals surface area contributed by atoms with Crippen molar-refractivity contribution in [2.45, 2.75) is 6.54 Å². The predicted molar refractivity (Wildman–Crippen MR) is 62.3 cm³/mol. The van der Waals surface area contributed by atoms with E-state index in [9.17, 15) is 8.42 Å². The molecule has 8 heteroatoms. The van der Waals surface area contributed by atoms with Gasteiger partial charge in [0, 0.05) is 31.6 Å². The van der Waals surface area contributed by atoms with Crippen LogP contribution >= 0.6 is 11.3 Å². The molecule has 0 unspecified atom stereocenters. The molecule has 1 saturated heterocycles. The molecule has 0 radical (unpaired) electrons. The second-order valence-electron chi connectivity index (χ2n) is 3.45. The van der Waals surface area contributed by atoms with Gasteiger partial charge in [-0.15, -0.1) is 11.3 Å². The summed E-state index contributed by atoms with van der Waals surface area (Å²) < 4.78 is 27.7. The zero-order chi connectivity index (χ0) is 11.4. The first-order chi connectivity index (χ1) is 7.68. The molecule has 0 aromatic carbocycles. The fourth-order valence-electron chi connectivity index (χ4n) is 1.47. The van der Waals surface area contributed by atoms with E-state index < -0.39 is 10.2 Å². The molecule has 1 aliphatic rings. The fourth-order valence-corrected chi connectivity index (χ4v) is 3.20. The van der Waals surface area contributed by atoms with Gasteiger partial charge in [0.25, 0.3) is 10.2 Å². The van der Waals surface area contributed by atoms with Crippen LogP contribution in [0.5, 0.6) is 0 Å². The van der Waals surface area contributed by atoms with Crippen LogP contribution in [0, 0.1) is 0 Å². The average Bonchev–Trinajstić information content (AvgIpc) is 2.81. The van der Waals surface area contributed by atoms with E-state index in [2.05, 4.69) is 15.0 Å². The Balaban J connectivity index is 1.91. The summed E-state index contributed by atoms with van der Waals surface area (Å²) in [6.07, 6.45) is 0. The molecule has 1 aromatic rings. The van der Waals surface area contributed by atoms with E-state index in [0.717, 1.165) is 5.69 Å². The Labute approximate surface area is 98.9 Å². The third kappa shape index (κ3) is 2.98. The molecule has 1 aliphatic heterocycles. The van der Waals surface area contributed by atoms with Gasteiger partial charge >= 0.3 is 0 Å². The minimum atomic E-state index is -3.35. The van der Waals surface area contributed by atoms with E-state index >= 15 is 0 Å². The first kappa shape index (κ1) is 11.9. The SMILES string of the molecule is O=S(=O)(NCc1cscn1)N1CCNCC1. The number of thiazole rings is 1. The summed E-state index contributed by atoms with van der Waals surface area (Å²) in [6, 6.07) is 0. The van der Waals surface area contributed by atoms with Crippen LogP contribution in [-0.4, -0.2) is 43.9 Å². The molecule has 0 spiro atoms. The molecular weight excluding hydrogens is 248 g/mol. The number of nitrogens with one attached hydrogen (secondary N) is 2. The average molecular weight is 262 g/mol. The molecule has 6 nitrogen and oxygen atoms in total. The Kier molecular flexibility index (Phi) is 3.87. The molecule has 2 heterocycles. The van der Waals surface area contributed by atoms with E-state index in [1.165, 1.54) is 15.6 Å². The van der Waals surface area contributed by atoms with Crippen LogP contribution in [0.1, 0.15) is 5.69 Å². The van der Waals surface area contributed by atoms with Crippen molar-refractivity contribution in [3.05, 3.63) is 16.6 Å². The molecule has 0 amide bonds. The smallest absolute Gasteiger partial charge is 0.279 e. The number of aromatic nitrogens is 1. The van der Waals surface area contributed by atoms with Crippen LogP contribution in [0.15, 0.2) is 10.9 Å². The lowest BCUT2D eigenvalue weighted by Gasteiger charge is -2.26. The topological polar surface area (TPSA) is 74.3 Å². The second-order valence-corrected chi connectivity index (χ2v) is 5.93. The summed E-state index contributed by atoms with van der Waals surface area (Å²) in [4.78, 5) is 4.03. The molecule has 2 rings (SSSR count). The van der Waals surface area contributed by atoms with Gasteiger partial charge in [-0.2, -0.15) is 17.4 Å². The summed E-state index contributed by atoms with van der Waals surface area (Å²) in [5.41, 5.74) is 2.44. The molecule has 90 valence electrons. The minimum absolute atomic E-state index is 0.260. The third-order valence-electron chi connectivity index (χ3n) is 2.34. The second kappa shape index (κ2) is 5.19. The highest BCUT2D eigenvalue weighted by Crippen LogP contribution is 2.04. The number of piperazine rings is 1. The van der Waals surface area contributed by atoms with Gasteiger partial charge in [0.15, 0.2) is 0 Å². The molecule has 1 aromatic heterocycles. The maximum atomic E-state index is 11.8. The number of hydrogen-bond donors (Lipinski definition) is 2. The molecule has 2 N–H and O–H groups in total. The normalized spacial score (nSPS) is 18.8. The van der Waals surface area contributed by atoms with Crippen molar-refractivity contribution < 1.29 is 8.42 Å². The molecule has 0 saturated carbocycles. The lowest BCUT2D eigenvalue weighted by Crippen LogP contribution is -2.50. The van der Waals surface area contributed by atoms with E-state index in [1.807, 2.05) is 5.38 Å². The Bertz CT molecular complexity index is 411. The zero-order valence-electron chi connectivity index (χ0n) is 8.72. The molecule has 16 heavy (non-hydrogen) atoms. The number of hydrogen-bond acceptors (Lipinski definition) is 5. The van der Waals surface area contributed by atoms with Crippen molar-refractivity contribution in [2.75, 3.05) is 26.2 Å². The Hall–Kier alpha value is -0.540. The molecule has 0 bridgehead atoms. The van der Waals surface area contributed by atoms with E-state index in [1.54, 1.807) is 5.51 Å². The van der Waals surface area contributed by atoms with Crippen LogP contribution in [-0.2, 0) is 16.8 Å². The number of nitrogens with zero attached hydrogens (tertiary/aromatic N) is 2. The van der Waals surface area contributed by atoms with E-state index in [0.29, 0.717) is 26.2 Å². The van der Waals surface area contributed by atoms with Crippen LogP contribution in [0.3, 0.4) is 0 Å². The Morgan fingerprint density at radius 2 is 2.25 bits per heavy atom. The highest BCUT2D eigenvalue weighted by molar-refractivity contribution is 7.87. The molecule has 1 fully saturated rings. The van der Waals surface area contributed by atoms with Crippen LogP contribution in [0.4, 0.5) is 0 Å². The van der Waals surface area contributed by atoms with Crippen molar-refractivity contribution >= 4 is 21.5 Å². The van der Waals surface area contributed by atoms with E-state index in [-0.39, 0.29) is 6.54 Å². The van der Waals surface area contributed by atoms with E-state index in [4.69, 9.17) is 0 Å². The van der Waals surface area contributed by atoms with Gasteiger partial charge in [0.1, 0.15) is 0 Å². The third-order valence-corrected chi connectivity index (χ3v) is 4.52. The maximum Gasteiger partial charge on any atom is 0.279 e. The van der Waals surface area contributed by atoms with Crippen molar-refractivity contribution in [2.24, 2.45) is 0 Å². The summed E-state index contributed by atoms with van der Waals surface area (Å²) in [7, 11) is -3.35. The lowest BCUT2D eigenvalue weighted by atomic mass is 10.4. The largest absolute Gasteiger partial charge is 0.314 e. The van der Waals surface area contributed by atoms with Crippen LogP contribution in [0.25, 0.3) is 0 Å². The van der Waals surface area contributed by atoms with Crippen molar-refractivity contribution in [1.82, 2.24) is 19.3 Å². The minimum Gasteiger partial charge on any atom is -0.314 e. The monoisotopic (exact) mass is 262 g/mol. The van der Waals surface area contributed by atoms with Crippen LogP contribution in [0.2, 0.25) is 0 Å². The highest BCUT2D eigenvalue weighted by Gasteiger charge is 2.23. The van der Waals surface area contributed by atoms with Crippen molar-refractivity contribution in [1.29, 1.82) is 0 Å². The van der Waals surface area contributed by atoms with Gasteiger partial charge < -0.3 is 5.32 Å². The molecular formula is C8H14N4O2S2. The molecule has 0 atom stereocenters. The fraction of sp³-hybridized carbons (Fsp3) is 0.625. The Morgan fingerprint density at radius 3 is 2.88 bits per heavy atom. The Morgan fingerprint density at radius 1 is 1.50 bits per heavy atom. The zero-order valence-corrected chi connectivity index (χ0v) is 10.4. The van der Waals surface area contributed by atoms with Crippen molar-refractivity contribution in [3.8, 4) is 0 Å². The summed E-state index contributed by atoms with van der Waals surface area (Å²) in [6.45, 7) is 2.71. The first-order valence-corrected chi connectivity index (χ1v) is 7.39. The summed E-state index contributed by atoms with van der Waals surface area (Å²) in [5, 5.41) is 4.95. The highest BCUT2D eigenvalue weighted by atomic mass is 32.2. The van der Waals surface area contributed by atoms with Crippen molar-refractivity contribution in [3.63, 3.8) is 0 Å². The lowest BCUT2D eigenvalue weighted by molar-refractivity contribution is 0.354. The van der Waals surface area contributed by atoms with Crippen LogP contribution < -0.4 is 10.0 Å². The summed E-state index contributed by atoms with van der Waals surface area (Å²) >= 11 is 1.46. The van der Waals surface area contributed by atoms with Gasteiger partial charge in [0.05, 0.1) is 17.7 Å². The summed E-state index contributed by atoms with van der Waals surface area (Å²) in [5.74, 6) is 0. The van der Waals surface area contributed by atoms with Gasteiger partial charge in [-0.3, -0.25) is 0 Å². The van der Waals surface area contributed by atoms with Gasteiger partial charge in [-0.1, -0.05) is 0 Å². The number of rotatable bonds is 4. The maximum absolute atomic E-state index is 11.8. The van der Waals surface area contributed by atoms with Gasteiger partial charge in [-0.25, -0.2) is 4.98 Å². The first-order valence-electron chi connectivity index (χ1n) is 5.01. The molecule has 0 aliphatic carbocycles. The van der Waals surface area contributed by atoms with Gasteiger partial charge in [0.2, 0.25) is 0 Å².